The number of anilines is 1. The molecule has 10 heteroatoms. The SMILES string of the molecule is C1CC2CCC1C2.[B]c1ccc2c(=O)n(CC(=O)Nc3ncc(F)cn3)[nH]c(=O)c2c1.[HH]. The predicted molar refractivity (Wildman–Crippen MR) is 117 cm³/mol. The minimum Gasteiger partial charge on any atom is -0.293 e. The zero-order valence-corrected chi connectivity index (χ0v) is 16.8. The minimum atomic E-state index is -0.658. The molecule has 2 aliphatic rings. The number of aromatic amines is 1. The lowest BCUT2D eigenvalue weighted by Crippen LogP contribution is -2.34. The lowest BCUT2D eigenvalue weighted by molar-refractivity contribution is -0.117. The highest BCUT2D eigenvalue weighted by Gasteiger charge is 2.30. The molecule has 31 heavy (non-hydrogen) atoms. The number of hydrogen-bond acceptors (Lipinski definition) is 5. The molecule has 8 nitrogen and oxygen atoms in total. The highest BCUT2D eigenvalue weighted by molar-refractivity contribution is 6.33. The van der Waals surface area contributed by atoms with E-state index < -0.39 is 29.4 Å². The van der Waals surface area contributed by atoms with Gasteiger partial charge in [-0.15, -0.1) is 0 Å². The number of rotatable bonds is 3. The molecule has 3 aromatic rings. The minimum absolute atomic E-state index is 0. The van der Waals surface area contributed by atoms with E-state index in [1.54, 1.807) is 32.1 Å². The second-order valence-corrected chi connectivity index (χ2v) is 8.03. The second-order valence-electron chi connectivity index (χ2n) is 8.03. The van der Waals surface area contributed by atoms with Crippen LogP contribution < -0.4 is 21.9 Å². The number of fused-ring (bicyclic) bond motifs is 3. The molecule has 0 aliphatic heterocycles. The van der Waals surface area contributed by atoms with E-state index in [-0.39, 0.29) is 18.1 Å². The largest absolute Gasteiger partial charge is 0.293 e. The van der Waals surface area contributed by atoms with Crippen molar-refractivity contribution in [2.24, 2.45) is 11.8 Å². The Bertz CT molecular complexity index is 1210. The van der Waals surface area contributed by atoms with Crippen LogP contribution in [0.2, 0.25) is 0 Å². The van der Waals surface area contributed by atoms with Gasteiger partial charge in [-0.3, -0.25) is 24.8 Å². The Hall–Kier alpha value is -3.30. The van der Waals surface area contributed by atoms with Crippen LogP contribution >= 0.6 is 0 Å². The molecule has 2 aromatic heterocycles. The number of carbonyl (C=O) groups is 1. The van der Waals surface area contributed by atoms with Crippen LogP contribution in [0.3, 0.4) is 0 Å². The van der Waals surface area contributed by atoms with E-state index in [0.717, 1.165) is 17.1 Å². The first-order chi connectivity index (χ1) is 14.9. The molecular formula is C21H23BFN5O3. The van der Waals surface area contributed by atoms with Crippen molar-refractivity contribution in [3.63, 3.8) is 0 Å². The molecule has 0 spiro atoms. The van der Waals surface area contributed by atoms with Gasteiger partial charge in [0.15, 0.2) is 5.82 Å². The van der Waals surface area contributed by atoms with Crippen molar-refractivity contribution < 1.29 is 10.6 Å². The first-order valence-electron chi connectivity index (χ1n) is 10.2. The third-order valence-corrected chi connectivity index (χ3v) is 5.81. The van der Waals surface area contributed by atoms with Gasteiger partial charge in [0.1, 0.15) is 14.4 Å². The van der Waals surface area contributed by atoms with Crippen molar-refractivity contribution in [3.8, 4) is 0 Å². The standard InChI is InChI=1S/C14H9BFN5O3.C7H12.H2/c15-7-1-2-9-10(3-7)12(23)20-21(13(9)24)6-11(22)19-14-17-4-8(16)5-18-14;1-2-7-4-3-6(1)5-7;/h1-5H,6H2,(H,20,23)(H,17,18,19,22);6-7H,1-5H2;1H. The summed E-state index contributed by atoms with van der Waals surface area (Å²) in [6.45, 7) is -0.463. The molecule has 0 atom stereocenters. The van der Waals surface area contributed by atoms with Gasteiger partial charge in [0.25, 0.3) is 11.1 Å². The van der Waals surface area contributed by atoms with Crippen LogP contribution in [0, 0.1) is 17.7 Å². The number of H-pyrrole nitrogens is 1. The van der Waals surface area contributed by atoms with Crippen molar-refractivity contribution in [3.05, 3.63) is 57.1 Å². The van der Waals surface area contributed by atoms with E-state index in [9.17, 15) is 18.8 Å². The van der Waals surface area contributed by atoms with Gasteiger partial charge >= 0.3 is 0 Å². The summed E-state index contributed by atoms with van der Waals surface area (Å²) in [5, 5.41) is 4.87. The molecule has 2 radical (unpaired) electrons. The number of aromatic nitrogens is 4. The van der Waals surface area contributed by atoms with Crippen LogP contribution in [0.5, 0.6) is 0 Å². The van der Waals surface area contributed by atoms with Gasteiger partial charge in [0.05, 0.1) is 23.2 Å². The second kappa shape index (κ2) is 8.83. The summed E-state index contributed by atoms with van der Waals surface area (Å²) in [7, 11) is 5.59. The molecule has 0 unspecified atom stereocenters. The molecule has 1 amide bonds. The molecule has 1 aromatic carbocycles. The quantitative estimate of drug-likeness (QED) is 0.621. The monoisotopic (exact) mass is 423 g/mol. The Morgan fingerprint density at radius 3 is 2.39 bits per heavy atom. The van der Waals surface area contributed by atoms with E-state index in [2.05, 4.69) is 20.4 Å². The number of halogens is 1. The maximum Gasteiger partial charge on any atom is 0.273 e. The first kappa shape index (κ1) is 21.0. The average molecular weight is 423 g/mol. The topological polar surface area (TPSA) is 110 Å². The van der Waals surface area contributed by atoms with Gasteiger partial charge in [0.2, 0.25) is 11.9 Å². The summed E-state index contributed by atoms with van der Waals surface area (Å²) < 4.78 is 13.6. The smallest absolute Gasteiger partial charge is 0.273 e. The molecule has 2 saturated carbocycles. The number of nitrogens with zero attached hydrogens (tertiary/aromatic N) is 3. The van der Waals surface area contributed by atoms with Crippen LogP contribution in [-0.4, -0.2) is 33.5 Å². The highest BCUT2D eigenvalue weighted by Crippen LogP contribution is 2.43. The molecule has 160 valence electrons. The van der Waals surface area contributed by atoms with E-state index in [1.807, 2.05) is 0 Å². The molecule has 2 fully saturated rings. The Morgan fingerprint density at radius 2 is 1.81 bits per heavy atom. The van der Waals surface area contributed by atoms with Gasteiger partial charge in [-0.05, 0) is 24.3 Å². The number of hydrogen-bond donors (Lipinski definition) is 2. The molecule has 2 N–H and O–H groups in total. The van der Waals surface area contributed by atoms with Gasteiger partial charge in [0, 0.05) is 1.43 Å². The predicted octanol–water partition coefficient (Wildman–Crippen LogP) is 1.49. The van der Waals surface area contributed by atoms with Crippen molar-refractivity contribution in [1.82, 2.24) is 19.7 Å². The zero-order valence-electron chi connectivity index (χ0n) is 16.8. The normalized spacial score (nSPS) is 19.1. The fraction of sp³-hybridized carbons (Fsp3) is 0.381. The summed E-state index contributed by atoms with van der Waals surface area (Å²) in [6.07, 6.45) is 9.60. The van der Waals surface area contributed by atoms with Crippen molar-refractivity contribution in [1.29, 1.82) is 0 Å². The number of amides is 1. The fourth-order valence-corrected chi connectivity index (χ4v) is 4.29. The van der Waals surface area contributed by atoms with Crippen molar-refractivity contribution in [2.75, 3.05) is 5.32 Å². The summed E-state index contributed by atoms with van der Waals surface area (Å²) in [5.74, 6) is 0.914. The maximum atomic E-state index is 12.7. The number of carbonyl (C=O) groups excluding carboxylic acids is 1. The Kier molecular flexibility index (Phi) is 5.97. The highest BCUT2D eigenvalue weighted by atomic mass is 19.1. The summed E-state index contributed by atoms with van der Waals surface area (Å²) in [4.78, 5) is 43.4. The van der Waals surface area contributed by atoms with Crippen molar-refractivity contribution >= 4 is 35.9 Å². The molecule has 2 heterocycles. The van der Waals surface area contributed by atoms with Crippen LogP contribution in [-0.2, 0) is 11.3 Å². The third kappa shape index (κ3) is 4.89. The van der Waals surface area contributed by atoms with Crippen molar-refractivity contribution in [2.45, 2.75) is 38.6 Å². The molecule has 0 saturated heterocycles. The lowest BCUT2D eigenvalue weighted by atomic mass is 9.94. The lowest BCUT2D eigenvalue weighted by Gasteiger charge is -2.07. The van der Waals surface area contributed by atoms with E-state index >= 15 is 0 Å². The number of benzene rings is 1. The fourth-order valence-electron chi connectivity index (χ4n) is 4.29. The van der Waals surface area contributed by atoms with Crippen LogP contribution in [0.15, 0.2) is 40.2 Å². The number of nitrogens with one attached hydrogen (secondary N) is 2. The zero-order chi connectivity index (χ0) is 22.0. The van der Waals surface area contributed by atoms with E-state index in [0.29, 0.717) is 5.46 Å². The Morgan fingerprint density at radius 1 is 1.16 bits per heavy atom. The van der Waals surface area contributed by atoms with E-state index in [1.165, 1.54) is 30.0 Å². The first-order valence-corrected chi connectivity index (χ1v) is 10.2. The van der Waals surface area contributed by atoms with E-state index in [4.69, 9.17) is 7.85 Å². The molecule has 2 bridgehead atoms. The Labute approximate surface area is 179 Å². The summed E-state index contributed by atoms with van der Waals surface area (Å²) in [6, 6.07) is 4.28. The van der Waals surface area contributed by atoms with Gasteiger partial charge in [-0.2, -0.15) is 0 Å². The van der Waals surface area contributed by atoms with Crippen LogP contribution in [0.4, 0.5) is 10.3 Å². The maximum absolute atomic E-state index is 12.7. The average Bonchev–Trinajstić information content (AvgIpc) is 3.40. The molecule has 5 rings (SSSR count). The molecule has 2 aliphatic carbocycles. The van der Waals surface area contributed by atoms with Gasteiger partial charge in [-0.1, -0.05) is 43.3 Å². The van der Waals surface area contributed by atoms with Crippen LogP contribution in [0.1, 0.15) is 33.5 Å². The molecular weight excluding hydrogens is 400 g/mol. The van der Waals surface area contributed by atoms with Gasteiger partial charge < -0.3 is 0 Å². The van der Waals surface area contributed by atoms with Gasteiger partial charge in [-0.25, -0.2) is 19.0 Å². The summed E-state index contributed by atoms with van der Waals surface area (Å²) >= 11 is 0. The third-order valence-electron chi connectivity index (χ3n) is 5.81. The van der Waals surface area contributed by atoms with Crippen LogP contribution in [0.25, 0.3) is 10.8 Å². The Balaban J connectivity index is 0.000000303. The summed E-state index contributed by atoms with van der Waals surface area (Å²) in [5.41, 5.74) is -0.765.